The summed E-state index contributed by atoms with van der Waals surface area (Å²) in [5.41, 5.74) is -0.943. The summed E-state index contributed by atoms with van der Waals surface area (Å²) in [6, 6.07) is 5.76. The summed E-state index contributed by atoms with van der Waals surface area (Å²) < 4.78 is 88.5. The van der Waals surface area contributed by atoms with Crippen LogP contribution in [0.25, 0.3) is 6.08 Å². The van der Waals surface area contributed by atoms with Gasteiger partial charge in [-0.1, -0.05) is 46.5 Å². The van der Waals surface area contributed by atoms with Gasteiger partial charge >= 0.3 is 19.5 Å². The number of hydrogen-bond donors (Lipinski definition) is 2. The second kappa shape index (κ2) is 12.8. The summed E-state index contributed by atoms with van der Waals surface area (Å²) in [4.78, 5) is 28.0. The normalized spacial score (nSPS) is 24.1. The molecule has 0 radical (unpaired) electrons. The molecule has 2 saturated heterocycles. The molecule has 246 valence electrons. The fourth-order valence-corrected chi connectivity index (χ4v) is 7.34. The van der Waals surface area contributed by atoms with E-state index in [4.69, 9.17) is 4.65 Å². The van der Waals surface area contributed by atoms with Gasteiger partial charge in [0.25, 0.3) is 0 Å². The predicted octanol–water partition coefficient (Wildman–Crippen LogP) is 8.18. The minimum absolute atomic E-state index is 0.0472. The number of halogens is 7. The number of carbonyl (C=O) groups is 2. The van der Waals surface area contributed by atoms with Gasteiger partial charge in [-0.05, 0) is 86.8 Å². The van der Waals surface area contributed by atoms with Crippen LogP contribution in [0.2, 0.25) is 6.32 Å². The molecule has 3 aliphatic rings. The topological polar surface area (TPSA) is 87.1 Å². The standard InChI is InChI=1S/C32H31BBrF6NO5/c1-3-4-17-11-23-28(30(44)41(29(23)43)22-13-19(31(35,36)37)12-20(14-22)32(38,39)40)24-15-33(45)46-26(27(17)24)8-5-16(2)9-18-10-21(34)6-7-25(18)42/h6-7,9-10,12-14,23-24,26,28,42,45H,3-5,8,11,15H2,1-2H3/b16-9+/t23-,24+,26-,28-/m1/s1. The van der Waals surface area contributed by atoms with Gasteiger partial charge in [0.05, 0.1) is 34.8 Å². The molecule has 2 N–H and O–H groups in total. The first kappa shape index (κ1) is 34.2. The second-order valence-corrected chi connectivity index (χ2v) is 13.0. The molecule has 5 rings (SSSR count). The van der Waals surface area contributed by atoms with E-state index in [0.29, 0.717) is 48.3 Å². The maximum absolute atomic E-state index is 13.9. The van der Waals surface area contributed by atoms with E-state index in [0.717, 1.165) is 21.2 Å². The molecule has 0 bridgehead atoms. The molecule has 46 heavy (non-hydrogen) atoms. The summed E-state index contributed by atoms with van der Waals surface area (Å²) in [7, 11) is -1.30. The van der Waals surface area contributed by atoms with Crippen LogP contribution in [0.4, 0.5) is 32.0 Å². The highest BCUT2D eigenvalue weighted by Gasteiger charge is 2.58. The van der Waals surface area contributed by atoms with Crippen LogP contribution in [0.5, 0.6) is 5.75 Å². The number of alkyl halides is 6. The molecular weight excluding hydrogens is 683 g/mol. The van der Waals surface area contributed by atoms with Gasteiger partial charge in [-0.25, -0.2) is 4.90 Å². The van der Waals surface area contributed by atoms with E-state index in [1.165, 1.54) is 0 Å². The number of hydrogen-bond acceptors (Lipinski definition) is 5. The van der Waals surface area contributed by atoms with Crippen LogP contribution in [0.3, 0.4) is 0 Å². The third-order valence-corrected chi connectivity index (χ3v) is 9.38. The number of benzene rings is 2. The Morgan fingerprint density at radius 1 is 1.04 bits per heavy atom. The van der Waals surface area contributed by atoms with Gasteiger partial charge in [0.15, 0.2) is 0 Å². The summed E-state index contributed by atoms with van der Waals surface area (Å²) >= 11 is 3.38. The second-order valence-electron chi connectivity index (χ2n) is 12.1. The number of allylic oxidation sites excluding steroid dienone is 2. The van der Waals surface area contributed by atoms with Crippen molar-refractivity contribution < 1.29 is 50.7 Å². The monoisotopic (exact) mass is 713 g/mol. The van der Waals surface area contributed by atoms with E-state index in [-0.39, 0.29) is 24.6 Å². The molecule has 14 heteroatoms. The quantitative estimate of drug-likeness (QED) is 0.131. The number of fused-ring (bicyclic) bond motifs is 3. The van der Waals surface area contributed by atoms with Crippen LogP contribution < -0.4 is 4.90 Å². The van der Waals surface area contributed by atoms with Gasteiger partial charge < -0.3 is 14.8 Å². The number of imide groups is 1. The number of nitrogens with zero attached hydrogens (tertiary/aromatic N) is 1. The Labute approximate surface area is 270 Å². The van der Waals surface area contributed by atoms with Crippen LogP contribution in [0.15, 0.2) is 57.6 Å². The molecular formula is C32H31BBrF6NO5. The minimum atomic E-state index is -5.15. The first-order valence-electron chi connectivity index (χ1n) is 14.9. The van der Waals surface area contributed by atoms with Crippen LogP contribution in [-0.2, 0) is 26.6 Å². The third-order valence-electron chi connectivity index (χ3n) is 8.88. The lowest BCUT2D eigenvalue weighted by Crippen LogP contribution is -2.46. The van der Waals surface area contributed by atoms with Crippen molar-refractivity contribution in [3.05, 3.63) is 74.3 Å². The van der Waals surface area contributed by atoms with Gasteiger partial charge in [-0.15, -0.1) is 0 Å². The Kier molecular flexibility index (Phi) is 9.56. The summed E-state index contributed by atoms with van der Waals surface area (Å²) in [5, 5.41) is 21.0. The van der Waals surface area contributed by atoms with Gasteiger partial charge in [0, 0.05) is 10.0 Å². The highest BCUT2D eigenvalue weighted by atomic mass is 79.9. The number of aromatic hydroxyl groups is 1. The number of rotatable bonds is 7. The van der Waals surface area contributed by atoms with Crippen molar-refractivity contribution in [2.24, 2.45) is 17.8 Å². The maximum Gasteiger partial charge on any atom is 0.455 e. The van der Waals surface area contributed by atoms with Crippen molar-refractivity contribution in [3.8, 4) is 5.75 Å². The van der Waals surface area contributed by atoms with Gasteiger partial charge in [0.2, 0.25) is 11.8 Å². The molecule has 2 aromatic carbocycles. The molecule has 0 unspecified atom stereocenters. The molecule has 2 aromatic rings. The fourth-order valence-electron chi connectivity index (χ4n) is 6.96. The predicted molar refractivity (Wildman–Crippen MR) is 162 cm³/mol. The van der Waals surface area contributed by atoms with Crippen molar-refractivity contribution in [1.29, 1.82) is 0 Å². The molecule has 0 spiro atoms. The van der Waals surface area contributed by atoms with E-state index < -0.39 is 72.0 Å². The average Bonchev–Trinajstić information content (AvgIpc) is 3.21. The lowest BCUT2D eigenvalue weighted by atomic mass is 9.58. The van der Waals surface area contributed by atoms with Gasteiger partial charge in [-0.2, -0.15) is 26.3 Å². The number of amides is 2. The maximum atomic E-state index is 13.9. The molecule has 0 saturated carbocycles. The van der Waals surface area contributed by atoms with Gasteiger partial charge in [-0.3, -0.25) is 9.59 Å². The van der Waals surface area contributed by atoms with Crippen LogP contribution >= 0.6 is 15.9 Å². The lowest BCUT2D eigenvalue weighted by Gasteiger charge is -2.43. The zero-order valence-electron chi connectivity index (χ0n) is 24.9. The molecule has 0 aromatic heterocycles. The Balaban J connectivity index is 1.48. The minimum Gasteiger partial charge on any atom is -0.507 e. The van der Waals surface area contributed by atoms with Crippen LogP contribution in [0, 0.1) is 17.8 Å². The lowest BCUT2D eigenvalue weighted by molar-refractivity contribution is -0.143. The molecule has 2 fully saturated rings. The summed E-state index contributed by atoms with van der Waals surface area (Å²) in [6.07, 6.45) is -7.00. The van der Waals surface area contributed by atoms with E-state index in [2.05, 4.69) is 15.9 Å². The van der Waals surface area contributed by atoms with Crippen molar-refractivity contribution in [1.82, 2.24) is 0 Å². The van der Waals surface area contributed by atoms with E-state index in [1.807, 2.05) is 19.9 Å². The van der Waals surface area contributed by atoms with Crippen molar-refractivity contribution in [3.63, 3.8) is 0 Å². The van der Waals surface area contributed by atoms with E-state index in [9.17, 15) is 46.1 Å². The Morgan fingerprint density at radius 2 is 1.70 bits per heavy atom. The van der Waals surface area contributed by atoms with E-state index >= 15 is 0 Å². The molecule has 2 amide bonds. The zero-order chi connectivity index (χ0) is 33.7. The van der Waals surface area contributed by atoms with Crippen molar-refractivity contribution >= 4 is 46.6 Å². The Bertz CT molecular complexity index is 1570. The highest BCUT2D eigenvalue weighted by molar-refractivity contribution is 9.10. The molecule has 1 aliphatic carbocycles. The zero-order valence-corrected chi connectivity index (χ0v) is 26.5. The van der Waals surface area contributed by atoms with Crippen LogP contribution in [0.1, 0.15) is 62.6 Å². The fraction of sp³-hybridized carbons (Fsp3) is 0.438. The number of phenols is 1. The summed E-state index contributed by atoms with van der Waals surface area (Å²) in [6.45, 7) is 3.80. The third kappa shape index (κ3) is 6.80. The number of anilines is 1. The SMILES string of the molecule is CCCC1=C2[C@@H](CC/C(C)=C/c3cc(Br)ccc3O)OB(O)C[C@@H]2[C@@H]2C(=O)N(c3cc(C(F)(F)F)cc(C(F)(F)F)c3)C(=O)[C@@H]2C1. The van der Waals surface area contributed by atoms with Gasteiger partial charge in [0.1, 0.15) is 5.75 Å². The Hall–Kier alpha value is -3.10. The smallest absolute Gasteiger partial charge is 0.455 e. The molecule has 6 nitrogen and oxygen atoms in total. The molecule has 2 heterocycles. The largest absolute Gasteiger partial charge is 0.507 e. The molecule has 4 atom stereocenters. The first-order valence-corrected chi connectivity index (χ1v) is 15.7. The summed E-state index contributed by atoms with van der Waals surface area (Å²) in [5.74, 6) is -4.44. The van der Waals surface area contributed by atoms with E-state index in [1.54, 1.807) is 18.2 Å². The van der Waals surface area contributed by atoms with Crippen molar-refractivity contribution in [2.75, 3.05) is 4.90 Å². The average molecular weight is 714 g/mol. The number of carbonyl (C=O) groups excluding carboxylic acids is 2. The molecule has 2 aliphatic heterocycles. The highest BCUT2D eigenvalue weighted by Crippen LogP contribution is 2.52. The Morgan fingerprint density at radius 3 is 2.30 bits per heavy atom. The number of phenolic OH excluding ortho intramolecular Hbond substituents is 1. The first-order chi connectivity index (χ1) is 21.5. The van der Waals surface area contributed by atoms with Crippen molar-refractivity contribution in [2.45, 2.75) is 70.7 Å². The van der Waals surface area contributed by atoms with Crippen LogP contribution in [-0.4, -0.2) is 35.2 Å².